The Labute approximate surface area is 114 Å². The summed E-state index contributed by atoms with van der Waals surface area (Å²) in [7, 11) is 0. The van der Waals surface area contributed by atoms with E-state index in [4.69, 9.17) is 4.74 Å². The number of hydrogen-bond acceptors (Lipinski definition) is 3. The van der Waals surface area contributed by atoms with Gasteiger partial charge in [-0.05, 0) is 38.0 Å². The van der Waals surface area contributed by atoms with E-state index in [0.717, 1.165) is 17.3 Å². The highest BCUT2D eigenvalue weighted by molar-refractivity contribution is 9.10. The Bertz CT molecular complexity index is 456. The first-order chi connectivity index (χ1) is 8.50. The molecule has 1 heterocycles. The smallest absolute Gasteiger partial charge is 0.255 e. The van der Waals surface area contributed by atoms with E-state index in [0.29, 0.717) is 13.2 Å². The van der Waals surface area contributed by atoms with Crippen molar-refractivity contribution in [2.24, 2.45) is 0 Å². The van der Waals surface area contributed by atoms with Crippen LogP contribution in [0.1, 0.15) is 30.1 Å². The van der Waals surface area contributed by atoms with Crippen LogP contribution in [0.3, 0.4) is 0 Å². The minimum Gasteiger partial charge on any atom is -0.507 e. The summed E-state index contributed by atoms with van der Waals surface area (Å²) in [4.78, 5) is 12.2. The lowest BCUT2D eigenvalue weighted by Crippen LogP contribution is -2.49. The van der Waals surface area contributed by atoms with Crippen LogP contribution in [0.5, 0.6) is 5.75 Å². The fourth-order valence-electron chi connectivity index (χ4n) is 1.98. The van der Waals surface area contributed by atoms with Gasteiger partial charge in [0.05, 0.1) is 5.56 Å². The normalized spacial score (nSPS) is 18.3. The molecule has 1 aromatic rings. The first-order valence-corrected chi connectivity index (χ1v) is 6.68. The third-order valence-corrected chi connectivity index (χ3v) is 3.71. The van der Waals surface area contributed by atoms with Crippen LogP contribution in [0.4, 0.5) is 0 Å². The summed E-state index contributed by atoms with van der Waals surface area (Å²) in [6, 6.07) is 4.82. The molecule has 98 valence electrons. The van der Waals surface area contributed by atoms with Crippen LogP contribution in [0.2, 0.25) is 0 Å². The van der Waals surface area contributed by atoms with Crippen LogP contribution in [0.25, 0.3) is 0 Å². The Morgan fingerprint density at radius 2 is 2.11 bits per heavy atom. The second-order valence-corrected chi connectivity index (χ2v) is 5.70. The topological polar surface area (TPSA) is 58.6 Å². The molecule has 2 N–H and O–H groups in total. The zero-order valence-electron chi connectivity index (χ0n) is 10.2. The van der Waals surface area contributed by atoms with Gasteiger partial charge >= 0.3 is 0 Å². The monoisotopic (exact) mass is 313 g/mol. The van der Waals surface area contributed by atoms with Crippen molar-refractivity contribution in [2.75, 3.05) is 13.2 Å². The number of ether oxygens (including phenoxy) is 1. The molecule has 1 saturated heterocycles. The Kier molecular flexibility index (Phi) is 3.92. The molecule has 0 bridgehead atoms. The van der Waals surface area contributed by atoms with E-state index >= 15 is 0 Å². The molecule has 1 fully saturated rings. The summed E-state index contributed by atoms with van der Waals surface area (Å²) < 4.78 is 6.05. The van der Waals surface area contributed by atoms with Gasteiger partial charge in [0.1, 0.15) is 5.75 Å². The number of nitrogens with one attached hydrogen (secondary N) is 1. The predicted octanol–water partition coefficient (Wildman–Crippen LogP) is 2.45. The highest BCUT2D eigenvalue weighted by atomic mass is 79.9. The van der Waals surface area contributed by atoms with Gasteiger partial charge < -0.3 is 15.2 Å². The van der Waals surface area contributed by atoms with E-state index in [-0.39, 0.29) is 22.8 Å². The van der Waals surface area contributed by atoms with Gasteiger partial charge in [-0.1, -0.05) is 15.9 Å². The van der Waals surface area contributed by atoms with Crippen LogP contribution < -0.4 is 5.32 Å². The molecule has 1 aromatic carbocycles. The first kappa shape index (κ1) is 13.4. The van der Waals surface area contributed by atoms with Gasteiger partial charge in [0.25, 0.3) is 5.91 Å². The molecule has 1 amide bonds. The third kappa shape index (κ3) is 3.03. The molecular formula is C13H16BrNO3. The van der Waals surface area contributed by atoms with Crippen molar-refractivity contribution in [1.82, 2.24) is 5.32 Å². The van der Waals surface area contributed by atoms with Crippen LogP contribution in [0, 0.1) is 0 Å². The number of rotatable bonds is 2. The van der Waals surface area contributed by atoms with Gasteiger partial charge in [-0.2, -0.15) is 0 Å². The van der Waals surface area contributed by atoms with Crippen LogP contribution in [-0.2, 0) is 4.74 Å². The summed E-state index contributed by atoms with van der Waals surface area (Å²) >= 11 is 3.29. The molecule has 0 unspecified atom stereocenters. The van der Waals surface area contributed by atoms with Gasteiger partial charge in [0.2, 0.25) is 0 Å². The molecule has 0 atom stereocenters. The lowest BCUT2D eigenvalue weighted by molar-refractivity contribution is 0.0422. The minimum atomic E-state index is -0.260. The number of carbonyl (C=O) groups excluding carboxylic acids is 1. The standard InChI is InChI=1S/C13H16BrNO3/c1-13(4-6-18-7-5-13)15-12(17)10-8-9(14)2-3-11(10)16/h2-3,8,16H,4-7H2,1H3,(H,15,17). The highest BCUT2D eigenvalue weighted by Crippen LogP contribution is 2.24. The molecule has 0 saturated carbocycles. The Morgan fingerprint density at radius 3 is 2.78 bits per heavy atom. The fraction of sp³-hybridized carbons (Fsp3) is 0.462. The number of carbonyl (C=O) groups is 1. The number of benzene rings is 1. The van der Waals surface area contributed by atoms with E-state index in [1.54, 1.807) is 12.1 Å². The SMILES string of the molecule is CC1(NC(=O)c2cc(Br)ccc2O)CCOCC1. The lowest BCUT2D eigenvalue weighted by Gasteiger charge is -2.34. The van der Waals surface area contributed by atoms with Crippen molar-refractivity contribution >= 4 is 21.8 Å². The minimum absolute atomic E-state index is 0.00800. The van der Waals surface area contributed by atoms with E-state index in [2.05, 4.69) is 21.2 Å². The number of halogens is 1. The quantitative estimate of drug-likeness (QED) is 0.881. The number of aromatic hydroxyl groups is 1. The van der Waals surface area contributed by atoms with Crippen LogP contribution in [0.15, 0.2) is 22.7 Å². The maximum absolute atomic E-state index is 12.2. The highest BCUT2D eigenvalue weighted by Gasteiger charge is 2.29. The van der Waals surface area contributed by atoms with Crippen molar-refractivity contribution in [2.45, 2.75) is 25.3 Å². The first-order valence-electron chi connectivity index (χ1n) is 5.89. The largest absolute Gasteiger partial charge is 0.507 e. The van der Waals surface area contributed by atoms with E-state index < -0.39 is 0 Å². The molecular weight excluding hydrogens is 298 g/mol. The van der Waals surface area contributed by atoms with Crippen molar-refractivity contribution in [1.29, 1.82) is 0 Å². The summed E-state index contributed by atoms with van der Waals surface area (Å²) in [5.74, 6) is -0.260. The summed E-state index contributed by atoms with van der Waals surface area (Å²) in [5.41, 5.74) is 0.0291. The third-order valence-electron chi connectivity index (χ3n) is 3.21. The van der Waals surface area contributed by atoms with E-state index in [1.807, 2.05) is 6.92 Å². The van der Waals surface area contributed by atoms with Gasteiger partial charge in [-0.3, -0.25) is 4.79 Å². The molecule has 5 heteroatoms. The second kappa shape index (κ2) is 5.28. The van der Waals surface area contributed by atoms with Crippen molar-refractivity contribution in [3.63, 3.8) is 0 Å². The summed E-state index contributed by atoms with van der Waals surface area (Å²) in [6.45, 7) is 3.31. The van der Waals surface area contributed by atoms with Gasteiger partial charge in [0, 0.05) is 23.2 Å². The fourth-order valence-corrected chi connectivity index (χ4v) is 2.34. The zero-order chi connectivity index (χ0) is 13.2. The van der Waals surface area contributed by atoms with Crippen molar-refractivity contribution in [3.8, 4) is 5.75 Å². The average Bonchev–Trinajstić information content (AvgIpc) is 2.32. The number of phenolic OH excluding ortho intramolecular Hbond substituents is 1. The zero-order valence-corrected chi connectivity index (χ0v) is 11.8. The molecule has 0 spiro atoms. The molecule has 18 heavy (non-hydrogen) atoms. The van der Waals surface area contributed by atoms with Crippen LogP contribution in [-0.4, -0.2) is 29.8 Å². The second-order valence-electron chi connectivity index (χ2n) is 4.79. The van der Waals surface area contributed by atoms with E-state index in [1.165, 1.54) is 6.07 Å². The Morgan fingerprint density at radius 1 is 1.44 bits per heavy atom. The molecule has 2 rings (SSSR count). The molecule has 0 aromatic heterocycles. The average molecular weight is 314 g/mol. The van der Waals surface area contributed by atoms with Gasteiger partial charge in [0.15, 0.2) is 0 Å². The van der Waals surface area contributed by atoms with Gasteiger partial charge in [-0.15, -0.1) is 0 Å². The summed E-state index contributed by atoms with van der Waals surface area (Å²) in [6.07, 6.45) is 1.57. The molecule has 1 aliphatic rings. The van der Waals surface area contributed by atoms with E-state index in [9.17, 15) is 9.90 Å². The van der Waals surface area contributed by atoms with Gasteiger partial charge in [-0.25, -0.2) is 0 Å². The number of amides is 1. The molecule has 1 aliphatic heterocycles. The maximum atomic E-state index is 12.2. The Balaban J connectivity index is 2.14. The number of hydrogen-bond donors (Lipinski definition) is 2. The van der Waals surface area contributed by atoms with Crippen molar-refractivity contribution in [3.05, 3.63) is 28.2 Å². The molecule has 0 aliphatic carbocycles. The Hall–Kier alpha value is -1.07. The maximum Gasteiger partial charge on any atom is 0.255 e. The summed E-state index contributed by atoms with van der Waals surface area (Å²) in [5, 5.41) is 12.7. The van der Waals surface area contributed by atoms with Crippen LogP contribution >= 0.6 is 15.9 Å². The lowest BCUT2D eigenvalue weighted by atomic mass is 9.92. The van der Waals surface area contributed by atoms with Crippen molar-refractivity contribution < 1.29 is 14.6 Å². The number of phenols is 1. The molecule has 0 radical (unpaired) electrons. The molecule has 4 nitrogen and oxygen atoms in total. The predicted molar refractivity (Wildman–Crippen MR) is 71.7 cm³/mol.